The number of aromatic nitrogens is 2. The van der Waals surface area contributed by atoms with Crippen molar-refractivity contribution >= 4 is 33.6 Å². The van der Waals surface area contributed by atoms with E-state index >= 15 is 0 Å². The first-order valence-corrected chi connectivity index (χ1v) is 14.5. The van der Waals surface area contributed by atoms with E-state index in [0.29, 0.717) is 36.4 Å². The first-order chi connectivity index (χ1) is 22.0. The normalized spacial score (nSPS) is 14.0. The van der Waals surface area contributed by atoms with E-state index in [1.54, 1.807) is 22.9 Å². The molecule has 10 heteroatoms. The largest absolute Gasteiger partial charge is 0.478 e. The quantitative estimate of drug-likeness (QED) is 0.176. The van der Waals surface area contributed by atoms with E-state index in [2.05, 4.69) is 10.4 Å². The maximum atomic E-state index is 14.4. The Kier molecular flexibility index (Phi) is 6.88. The van der Waals surface area contributed by atoms with Gasteiger partial charge in [0.2, 0.25) is 0 Å². The number of alkyl halides is 3. The van der Waals surface area contributed by atoms with Crippen molar-refractivity contribution in [3.05, 3.63) is 137 Å². The van der Waals surface area contributed by atoms with E-state index < -0.39 is 35.0 Å². The number of carbonyl (C=O) groups excluding carboxylic acids is 1. The van der Waals surface area contributed by atoms with Crippen LogP contribution in [-0.2, 0) is 18.3 Å². The number of halogens is 4. The average Bonchev–Trinajstić information content (AvgIpc) is 3.71. The lowest BCUT2D eigenvalue weighted by Gasteiger charge is -2.20. The van der Waals surface area contributed by atoms with Crippen molar-refractivity contribution in [3.63, 3.8) is 0 Å². The van der Waals surface area contributed by atoms with Gasteiger partial charge in [-0.1, -0.05) is 48.5 Å². The molecule has 7 rings (SSSR count). The molecule has 6 aromatic rings. The van der Waals surface area contributed by atoms with Crippen LogP contribution in [0.1, 0.15) is 50.2 Å². The Morgan fingerprint density at radius 2 is 1.57 bits per heavy atom. The Morgan fingerprint density at radius 1 is 0.848 bits per heavy atom. The molecule has 1 aliphatic rings. The molecule has 1 heterocycles. The first-order valence-electron chi connectivity index (χ1n) is 14.5. The number of aromatic carboxylic acids is 1. The fourth-order valence-electron chi connectivity index (χ4n) is 5.95. The molecule has 0 unspecified atom stereocenters. The second-order valence-corrected chi connectivity index (χ2v) is 11.6. The van der Waals surface area contributed by atoms with Gasteiger partial charge in [0, 0.05) is 5.39 Å². The van der Waals surface area contributed by atoms with Gasteiger partial charge in [-0.05, 0) is 94.4 Å². The van der Waals surface area contributed by atoms with Gasteiger partial charge in [0.15, 0.2) is 0 Å². The third-order valence-corrected chi connectivity index (χ3v) is 8.47. The second kappa shape index (κ2) is 10.8. The molecule has 5 aromatic carbocycles. The van der Waals surface area contributed by atoms with Crippen LogP contribution < -0.4 is 5.32 Å². The molecule has 0 atom stereocenters. The number of rotatable bonds is 7. The summed E-state index contributed by atoms with van der Waals surface area (Å²) in [6, 6.07) is 25.5. The van der Waals surface area contributed by atoms with E-state index in [9.17, 15) is 32.3 Å². The summed E-state index contributed by atoms with van der Waals surface area (Å²) in [5.41, 5.74) is 0.741. The summed E-state index contributed by atoms with van der Waals surface area (Å²) in [6.07, 6.45) is -2.00. The number of amides is 1. The van der Waals surface area contributed by atoms with Crippen molar-refractivity contribution in [2.75, 3.05) is 0 Å². The second-order valence-electron chi connectivity index (χ2n) is 11.6. The Morgan fingerprint density at radius 3 is 2.26 bits per heavy atom. The molecule has 0 saturated heterocycles. The highest BCUT2D eigenvalue weighted by Gasteiger charge is 2.46. The SMILES string of the molecule is O=C(O)c1ccc(C2(NC(=O)c3cc(-c4cc(F)cc(C(F)(F)F)c4)cc4cnn(Cc5ccc6ccccc6c5)c34)CC2)cc1. The molecule has 230 valence electrons. The summed E-state index contributed by atoms with van der Waals surface area (Å²) >= 11 is 0. The van der Waals surface area contributed by atoms with Gasteiger partial charge in [-0.3, -0.25) is 9.48 Å². The van der Waals surface area contributed by atoms with Gasteiger partial charge in [-0.25, -0.2) is 9.18 Å². The van der Waals surface area contributed by atoms with E-state index in [4.69, 9.17) is 0 Å². The molecule has 1 saturated carbocycles. The van der Waals surface area contributed by atoms with Crippen molar-refractivity contribution in [1.29, 1.82) is 0 Å². The highest BCUT2D eigenvalue weighted by molar-refractivity contribution is 6.08. The monoisotopic (exact) mass is 623 g/mol. The highest BCUT2D eigenvalue weighted by atomic mass is 19.4. The summed E-state index contributed by atoms with van der Waals surface area (Å²) in [7, 11) is 0. The van der Waals surface area contributed by atoms with Crippen LogP contribution in [-0.4, -0.2) is 26.8 Å². The van der Waals surface area contributed by atoms with E-state index in [1.807, 2.05) is 42.5 Å². The summed E-state index contributed by atoms with van der Waals surface area (Å²) < 4.78 is 56.8. The standard InChI is InChI=1S/C36H25F4N3O3/c37-30-16-26(15-29(18-30)36(38,39)40)25-14-27-19-41-43(20-21-5-6-22-3-1-2-4-24(22)13-21)32(27)31(17-25)33(44)42-35(11-12-35)28-9-7-23(8-10-28)34(45)46/h1-10,13-19H,11-12,20H2,(H,42,44)(H,45,46). The van der Waals surface area contributed by atoms with Crippen LogP contribution in [0, 0.1) is 5.82 Å². The fourth-order valence-corrected chi connectivity index (χ4v) is 5.95. The summed E-state index contributed by atoms with van der Waals surface area (Å²) in [5.74, 6) is -2.60. The lowest BCUT2D eigenvalue weighted by molar-refractivity contribution is -0.137. The number of nitrogens with zero attached hydrogens (tertiary/aromatic N) is 2. The van der Waals surface area contributed by atoms with Gasteiger partial charge < -0.3 is 10.4 Å². The lowest BCUT2D eigenvalue weighted by Crippen LogP contribution is -2.35. The molecule has 46 heavy (non-hydrogen) atoms. The van der Waals surface area contributed by atoms with Crippen molar-refractivity contribution < 1.29 is 32.3 Å². The topological polar surface area (TPSA) is 84.2 Å². The minimum Gasteiger partial charge on any atom is -0.478 e. The molecule has 1 aromatic heterocycles. The molecular weight excluding hydrogens is 598 g/mol. The zero-order valence-corrected chi connectivity index (χ0v) is 24.1. The number of carbonyl (C=O) groups is 2. The van der Waals surface area contributed by atoms with E-state index in [-0.39, 0.29) is 22.3 Å². The number of hydrogen-bond donors (Lipinski definition) is 2. The lowest BCUT2D eigenvalue weighted by atomic mass is 9.97. The minimum absolute atomic E-state index is 0.0315. The molecule has 0 aliphatic heterocycles. The number of nitrogens with one attached hydrogen (secondary N) is 1. The summed E-state index contributed by atoms with van der Waals surface area (Å²) in [4.78, 5) is 25.5. The van der Waals surface area contributed by atoms with Gasteiger partial charge >= 0.3 is 12.1 Å². The third-order valence-electron chi connectivity index (χ3n) is 8.47. The van der Waals surface area contributed by atoms with Crippen LogP contribution in [0.4, 0.5) is 17.6 Å². The number of hydrogen-bond acceptors (Lipinski definition) is 3. The minimum atomic E-state index is -4.76. The molecule has 0 spiro atoms. The van der Waals surface area contributed by atoms with Crippen molar-refractivity contribution in [1.82, 2.24) is 15.1 Å². The van der Waals surface area contributed by atoms with Gasteiger partial charge in [0.1, 0.15) is 5.82 Å². The molecular formula is C36H25F4N3O3. The Hall–Kier alpha value is -5.51. The van der Waals surface area contributed by atoms with E-state index in [0.717, 1.165) is 34.0 Å². The van der Waals surface area contributed by atoms with Crippen molar-refractivity contribution in [2.45, 2.75) is 31.1 Å². The van der Waals surface area contributed by atoms with Crippen molar-refractivity contribution in [3.8, 4) is 11.1 Å². The number of fused-ring (bicyclic) bond motifs is 2. The van der Waals surface area contributed by atoms with Crippen LogP contribution in [0.3, 0.4) is 0 Å². The predicted octanol–water partition coefficient (Wildman–Crippen LogP) is 8.18. The summed E-state index contributed by atoms with van der Waals surface area (Å²) in [6.45, 7) is 0.313. The third kappa shape index (κ3) is 5.47. The predicted molar refractivity (Wildman–Crippen MR) is 165 cm³/mol. The van der Waals surface area contributed by atoms with Crippen LogP contribution in [0.2, 0.25) is 0 Å². The number of carboxylic acids is 1. The van der Waals surface area contributed by atoms with Gasteiger partial charge in [-0.15, -0.1) is 0 Å². The Balaban J connectivity index is 1.32. The maximum absolute atomic E-state index is 14.4. The van der Waals surface area contributed by atoms with Crippen LogP contribution in [0.25, 0.3) is 32.8 Å². The maximum Gasteiger partial charge on any atom is 0.416 e. The molecule has 1 amide bonds. The molecule has 1 aliphatic carbocycles. The zero-order chi connectivity index (χ0) is 32.2. The Bertz CT molecular complexity index is 2170. The molecule has 1 fully saturated rings. The van der Waals surface area contributed by atoms with Crippen LogP contribution in [0.15, 0.2) is 103 Å². The highest BCUT2D eigenvalue weighted by Crippen LogP contribution is 2.46. The molecule has 0 radical (unpaired) electrons. The zero-order valence-electron chi connectivity index (χ0n) is 24.1. The molecule has 6 nitrogen and oxygen atoms in total. The average molecular weight is 624 g/mol. The number of carboxylic acid groups (broad SMARTS) is 1. The first kappa shape index (κ1) is 29.2. The number of benzene rings is 5. The smallest absolute Gasteiger partial charge is 0.416 e. The fraction of sp³-hybridized carbons (Fsp3) is 0.139. The molecule has 0 bridgehead atoms. The van der Waals surface area contributed by atoms with Crippen molar-refractivity contribution in [2.24, 2.45) is 0 Å². The van der Waals surface area contributed by atoms with Crippen LogP contribution in [0.5, 0.6) is 0 Å². The summed E-state index contributed by atoms with van der Waals surface area (Å²) in [5, 5.41) is 19.5. The van der Waals surface area contributed by atoms with Crippen LogP contribution >= 0.6 is 0 Å². The van der Waals surface area contributed by atoms with Gasteiger partial charge in [-0.2, -0.15) is 18.3 Å². The van der Waals surface area contributed by atoms with E-state index in [1.165, 1.54) is 24.4 Å². The Labute approximate surface area is 259 Å². The van der Waals surface area contributed by atoms with Gasteiger partial charge in [0.25, 0.3) is 5.91 Å². The molecule has 2 N–H and O–H groups in total. The van der Waals surface area contributed by atoms with Gasteiger partial charge in [0.05, 0.1) is 40.5 Å².